The second-order valence-electron chi connectivity index (χ2n) is 5.59. The first-order chi connectivity index (χ1) is 9.59. The van der Waals surface area contributed by atoms with Gasteiger partial charge < -0.3 is 15.5 Å². The molecular weight excluding hydrogens is 252 g/mol. The van der Waals surface area contributed by atoms with E-state index >= 15 is 0 Å². The van der Waals surface area contributed by atoms with Gasteiger partial charge in [0.15, 0.2) is 5.82 Å². The van der Waals surface area contributed by atoms with E-state index < -0.39 is 5.54 Å². The molecule has 0 spiro atoms. The maximum absolute atomic E-state index is 12.7. The predicted molar refractivity (Wildman–Crippen MR) is 82.1 cm³/mol. The van der Waals surface area contributed by atoms with Crippen molar-refractivity contribution >= 4 is 17.4 Å². The van der Waals surface area contributed by atoms with E-state index in [1.165, 1.54) is 0 Å². The van der Waals surface area contributed by atoms with Gasteiger partial charge >= 0.3 is 0 Å². The molecule has 2 N–H and O–H groups in total. The molecule has 1 saturated heterocycles. The number of hydrogen-bond donors (Lipinski definition) is 2. The third kappa shape index (κ3) is 2.93. The average Bonchev–Trinajstić information content (AvgIpc) is 2.89. The fourth-order valence-electron chi connectivity index (χ4n) is 2.85. The smallest absolute Gasteiger partial charge is 0.244 e. The van der Waals surface area contributed by atoms with Gasteiger partial charge in [-0.2, -0.15) is 0 Å². The van der Waals surface area contributed by atoms with E-state index in [0.717, 1.165) is 43.7 Å². The Balaban J connectivity index is 2.18. The molecule has 1 aliphatic heterocycles. The van der Waals surface area contributed by atoms with Gasteiger partial charge in [-0.25, -0.2) is 4.98 Å². The SMILES string of the molecule is CCCC1(C(=O)Nc2cccnc2N(C)C)CCCN1. The van der Waals surface area contributed by atoms with Gasteiger partial charge in [0.1, 0.15) is 0 Å². The summed E-state index contributed by atoms with van der Waals surface area (Å²) in [7, 11) is 3.85. The second kappa shape index (κ2) is 6.22. The minimum absolute atomic E-state index is 0.0629. The van der Waals surface area contributed by atoms with Crippen molar-refractivity contribution in [3.05, 3.63) is 18.3 Å². The molecule has 20 heavy (non-hydrogen) atoms. The number of aromatic nitrogens is 1. The predicted octanol–water partition coefficient (Wildman–Crippen LogP) is 2.01. The monoisotopic (exact) mass is 276 g/mol. The van der Waals surface area contributed by atoms with E-state index in [1.807, 2.05) is 31.1 Å². The summed E-state index contributed by atoms with van der Waals surface area (Å²) in [5, 5.41) is 6.45. The molecule has 1 fully saturated rings. The summed E-state index contributed by atoms with van der Waals surface area (Å²) in [5.74, 6) is 0.846. The number of nitrogens with one attached hydrogen (secondary N) is 2. The zero-order valence-corrected chi connectivity index (χ0v) is 12.6. The maximum atomic E-state index is 12.7. The number of hydrogen-bond acceptors (Lipinski definition) is 4. The van der Waals surface area contributed by atoms with Gasteiger partial charge in [-0.05, 0) is 37.9 Å². The van der Waals surface area contributed by atoms with Crippen molar-refractivity contribution in [2.75, 3.05) is 30.9 Å². The summed E-state index contributed by atoms with van der Waals surface area (Å²) < 4.78 is 0. The Morgan fingerprint density at radius 3 is 2.95 bits per heavy atom. The van der Waals surface area contributed by atoms with Crippen molar-refractivity contribution < 1.29 is 4.79 Å². The van der Waals surface area contributed by atoms with Crippen LogP contribution in [0.25, 0.3) is 0 Å². The highest BCUT2D eigenvalue weighted by Gasteiger charge is 2.40. The van der Waals surface area contributed by atoms with Crippen LogP contribution >= 0.6 is 0 Å². The molecule has 1 aromatic heterocycles. The lowest BCUT2D eigenvalue weighted by Gasteiger charge is -2.28. The van der Waals surface area contributed by atoms with Crippen LogP contribution in [0.1, 0.15) is 32.6 Å². The van der Waals surface area contributed by atoms with Crippen LogP contribution in [0.2, 0.25) is 0 Å². The Kier molecular flexibility index (Phi) is 4.60. The summed E-state index contributed by atoms with van der Waals surface area (Å²) in [6.45, 7) is 3.03. The lowest BCUT2D eigenvalue weighted by molar-refractivity contribution is -0.122. The van der Waals surface area contributed by atoms with Crippen molar-refractivity contribution in [1.29, 1.82) is 0 Å². The summed E-state index contributed by atoms with van der Waals surface area (Å²) in [6, 6.07) is 3.74. The molecular formula is C15H24N4O. The molecule has 0 bridgehead atoms. The molecule has 1 aliphatic rings. The third-order valence-corrected chi connectivity index (χ3v) is 3.81. The molecule has 0 aromatic carbocycles. The van der Waals surface area contributed by atoms with Crippen molar-refractivity contribution in [2.45, 2.75) is 38.1 Å². The molecule has 2 rings (SSSR count). The molecule has 1 atom stereocenters. The lowest BCUT2D eigenvalue weighted by atomic mass is 9.91. The summed E-state index contributed by atoms with van der Waals surface area (Å²) in [5.41, 5.74) is 0.362. The lowest BCUT2D eigenvalue weighted by Crippen LogP contribution is -2.50. The van der Waals surface area contributed by atoms with Crippen LogP contribution in [-0.2, 0) is 4.79 Å². The number of amides is 1. The summed E-state index contributed by atoms with van der Waals surface area (Å²) in [6.07, 6.45) is 5.57. The number of rotatable bonds is 5. The molecule has 1 unspecified atom stereocenters. The largest absolute Gasteiger partial charge is 0.361 e. The van der Waals surface area contributed by atoms with Crippen LogP contribution in [0.5, 0.6) is 0 Å². The molecule has 1 amide bonds. The Bertz CT molecular complexity index is 467. The van der Waals surface area contributed by atoms with Crippen molar-refractivity contribution in [1.82, 2.24) is 10.3 Å². The van der Waals surface area contributed by atoms with Gasteiger partial charge in [0, 0.05) is 20.3 Å². The standard InChI is InChI=1S/C15H24N4O/c1-4-8-15(9-6-11-17-15)14(20)18-12-7-5-10-16-13(12)19(2)3/h5,7,10,17H,4,6,8-9,11H2,1-3H3,(H,18,20). The van der Waals surface area contributed by atoms with Gasteiger partial charge in [-0.15, -0.1) is 0 Å². The Morgan fingerprint density at radius 1 is 1.55 bits per heavy atom. The van der Waals surface area contributed by atoms with E-state index in [1.54, 1.807) is 6.20 Å². The van der Waals surface area contributed by atoms with Crippen molar-refractivity contribution in [3.63, 3.8) is 0 Å². The maximum Gasteiger partial charge on any atom is 0.244 e. The zero-order valence-electron chi connectivity index (χ0n) is 12.6. The number of carbonyl (C=O) groups is 1. The Labute approximate surface area is 120 Å². The van der Waals surface area contributed by atoms with Gasteiger partial charge in [0.2, 0.25) is 5.91 Å². The van der Waals surface area contributed by atoms with Gasteiger partial charge in [-0.3, -0.25) is 4.79 Å². The molecule has 2 heterocycles. The van der Waals surface area contributed by atoms with E-state index in [2.05, 4.69) is 22.5 Å². The van der Waals surface area contributed by atoms with Gasteiger partial charge in [-0.1, -0.05) is 13.3 Å². The van der Waals surface area contributed by atoms with Crippen molar-refractivity contribution in [3.8, 4) is 0 Å². The zero-order chi connectivity index (χ0) is 14.6. The normalized spacial score (nSPS) is 21.8. The first-order valence-corrected chi connectivity index (χ1v) is 7.28. The second-order valence-corrected chi connectivity index (χ2v) is 5.59. The first kappa shape index (κ1) is 14.8. The quantitative estimate of drug-likeness (QED) is 0.864. The third-order valence-electron chi connectivity index (χ3n) is 3.81. The average molecular weight is 276 g/mol. The van der Waals surface area contributed by atoms with Crippen LogP contribution in [0.3, 0.4) is 0 Å². The van der Waals surface area contributed by atoms with Crippen molar-refractivity contribution in [2.24, 2.45) is 0 Å². The number of pyridine rings is 1. The van der Waals surface area contributed by atoms with Crippen LogP contribution < -0.4 is 15.5 Å². The molecule has 0 aliphatic carbocycles. The van der Waals surface area contributed by atoms with E-state index in [9.17, 15) is 4.79 Å². The van der Waals surface area contributed by atoms with E-state index in [0.29, 0.717) is 0 Å². The molecule has 5 heteroatoms. The summed E-state index contributed by atoms with van der Waals surface area (Å²) >= 11 is 0. The Hall–Kier alpha value is -1.62. The molecule has 110 valence electrons. The molecule has 1 aromatic rings. The van der Waals surface area contributed by atoms with Gasteiger partial charge in [0.05, 0.1) is 11.2 Å². The topological polar surface area (TPSA) is 57.3 Å². The first-order valence-electron chi connectivity index (χ1n) is 7.28. The van der Waals surface area contributed by atoms with Crippen LogP contribution in [0.4, 0.5) is 11.5 Å². The molecule has 0 radical (unpaired) electrons. The fourth-order valence-corrected chi connectivity index (χ4v) is 2.85. The Morgan fingerprint density at radius 2 is 2.35 bits per heavy atom. The highest BCUT2D eigenvalue weighted by atomic mass is 16.2. The minimum atomic E-state index is -0.409. The van der Waals surface area contributed by atoms with E-state index in [4.69, 9.17) is 0 Å². The van der Waals surface area contributed by atoms with E-state index in [-0.39, 0.29) is 5.91 Å². The summed E-state index contributed by atoms with van der Waals surface area (Å²) in [4.78, 5) is 18.9. The fraction of sp³-hybridized carbons (Fsp3) is 0.600. The molecule has 0 saturated carbocycles. The number of anilines is 2. The van der Waals surface area contributed by atoms with Crippen LogP contribution in [-0.4, -0.2) is 37.1 Å². The van der Waals surface area contributed by atoms with Crippen LogP contribution in [0, 0.1) is 0 Å². The number of carbonyl (C=O) groups excluding carboxylic acids is 1. The highest BCUT2D eigenvalue weighted by Crippen LogP contribution is 2.28. The number of nitrogens with zero attached hydrogens (tertiary/aromatic N) is 2. The van der Waals surface area contributed by atoms with Gasteiger partial charge in [0.25, 0.3) is 0 Å². The highest BCUT2D eigenvalue weighted by molar-refractivity contribution is 6.00. The minimum Gasteiger partial charge on any atom is -0.361 e. The van der Waals surface area contributed by atoms with Crippen LogP contribution in [0.15, 0.2) is 18.3 Å². The molecule has 5 nitrogen and oxygen atoms in total.